The standard InChI is InChI=1S/C10H17N3O2S/c1-6(12-13-10(11)16)3-4-8-5-7(2)15-9(8)14/h7-8,12H,1,3-5H2,2H3,(H3,11,13,16)/t7-,8+/m1/s1. The van der Waals surface area contributed by atoms with Gasteiger partial charge in [-0.15, -0.1) is 0 Å². The van der Waals surface area contributed by atoms with Gasteiger partial charge in [-0.1, -0.05) is 6.58 Å². The lowest BCUT2D eigenvalue weighted by Gasteiger charge is -2.11. The van der Waals surface area contributed by atoms with E-state index in [9.17, 15) is 4.79 Å². The van der Waals surface area contributed by atoms with Gasteiger partial charge in [-0.05, 0) is 38.4 Å². The van der Waals surface area contributed by atoms with Gasteiger partial charge in [-0.2, -0.15) is 0 Å². The van der Waals surface area contributed by atoms with Gasteiger partial charge in [-0.3, -0.25) is 10.2 Å². The Kier molecular flexibility index (Phi) is 4.54. The van der Waals surface area contributed by atoms with Crippen LogP contribution in [0.3, 0.4) is 0 Å². The summed E-state index contributed by atoms with van der Waals surface area (Å²) in [6, 6.07) is 0. The van der Waals surface area contributed by atoms with Crippen LogP contribution in [-0.4, -0.2) is 17.2 Å². The van der Waals surface area contributed by atoms with E-state index in [1.807, 2.05) is 6.92 Å². The summed E-state index contributed by atoms with van der Waals surface area (Å²) in [4.78, 5) is 11.3. The highest BCUT2D eigenvalue weighted by molar-refractivity contribution is 7.80. The number of carbonyl (C=O) groups excluding carboxylic acids is 1. The van der Waals surface area contributed by atoms with Crippen molar-refractivity contribution in [2.75, 3.05) is 0 Å². The molecule has 0 saturated carbocycles. The molecule has 0 unspecified atom stereocenters. The number of allylic oxidation sites excluding steroid dienone is 1. The fourth-order valence-electron chi connectivity index (χ4n) is 1.64. The third kappa shape index (κ3) is 4.06. The second kappa shape index (κ2) is 5.69. The molecule has 0 amide bonds. The Morgan fingerprint density at radius 3 is 2.88 bits per heavy atom. The number of hydrogen-bond donors (Lipinski definition) is 3. The zero-order valence-electron chi connectivity index (χ0n) is 9.29. The summed E-state index contributed by atoms with van der Waals surface area (Å²) in [5, 5.41) is 0.162. The lowest BCUT2D eigenvalue weighted by atomic mass is 9.99. The van der Waals surface area contributed by atoms with Gasteiger partial charge in [0.2, 0.25) is 0 Å². The van der Waals surface area contributed by atoms with Crippen molar-refractivity contribution in [2.24, 2.45) is 11.7 Å². The number of nitrogens with one attached hydrogen (secondary N) is 2. The van der Waals surface area contributed by atoms with Crippen LogP contribution >= 0.6 is 12.2 Å². The van der Waals surface area contributed by atoms with Crippen molar-refractivity contribution in [3.63, 3.8) is 0 Å². The number of carbonyl (C=O) groups is 1. The summed E-state index contributed by atoms with van der Waals surface area (Å²) < 4.78 is 5.06. The maximum Gasteiger partial charge on any atom is 0.309 e. The first-order chi connectivity index (χ1) is 7.49. The van der Waals surface area contributed by atoms with Gasteiger partial charge in [0.25, 0.3) is 0 Å². The van der Waals surface area contributed by atoms with Crippen LogP contribution in [0.1, 0.15) is 26.2 Å². The molecular weight excluding hydrogens is 226 g/mol. The van der Waals surface area contributed by atoms with E-state index in [2.05, 4.69) is 29.6 Å². The first-order valence-electron chi connectivity index (χ1n) is 5.18. The number of hydrogen-bond acceptors (Lipinski definition) is 4. The lowest BCUT2D eigenvalue weighted by molar-refractivity contribution is -0.143. The maximum atomic E-state index is 11.3. The second-order valence-corrected chi connectivity index (χ2v) is 4.38. The first kappa shape index (κ1) is 12.8. The fraction of sp³-hybridized carbons (Fsp3) is 0.600. The number of hydrazine groups is 1. The highest BCUT2D eigenvalue weighted by atomic mass is 32.1. The maximum absolute atomic E-state index is 11.3. The van der Waals surface area contributed by atoms with E-state index in [1.165, 1.54) is 0 Å². The molecule has 0 aromatic carbocycles. The van der Waals surface area contributed by atoms with Crippen LogP contribution < -0.4 is 16.6 Å². The lowest BCUT2D eigenvalue weighted by Crippen LogP contribution is -2.40. The monoisotopic (exact) mass is 243 g/mol. The Morgan fingerprint density at radius 1 is 1.69 bits per heavy atom. The molecule has 90 valence electrons. The Hall–Kier alpha value is -1.30. The van der Waals surface area contributed by atoms with E-state index < -0.39 is 0 Å². The van der Waals surface area contributed by atoms with Crippen LogP contribution in [0.5, 0.6) is 0 Å². The SMILES string of the molecule is C=C(CC[C@H]1C[C@@H](C)OC1=O)NNC(N)=S. The van der Waals surface area contributed by atoms with Gasteiger partial charge >= 0.3 is 5.97 Å². The summed E-state index contributed by atoms with van der Waals surface area (Å²) in [5.41, 5.74) is 11.3. The molecule has 0 aromatic rings. The number of esters is 1. The van der Waals surface area contributed by atoms with Crippen molar-refractivity contribution in [3.05, 3.63) is 12.3 Å². The second-order valence-electron chi connectivity index (χ2n) is 3.94. The molecule has 1 aliphatic heterocycles. The number of ether oxygens (including phenoxy) is 1. The molecule has 1 heterocycles. The van der Waals surface area contributed by atoms with Gasteiger partial charge in [0.1, 0.15) is 0 Å². The quantitative estimate of drug-likeness (QED) is 0.372. The van der Waals surface area contributed by atoms with Gasteiger partial charge in [0, 0.05) is 5.70 Å². The van der Waals surface area contributed by atoms with Crippen molar-refractivity contribution in [2.45, 2.75) is 32.3 Å². The van der Waals surface area contributed by atoms with Gasteiger partial charge in [0.15, 0.2) is 5.11 Å². The molecule has 0 aromatic heterocycles. The van der Waals surface area contributed by atoms with Crippen LogP contribution in [0.25, 0.3) is 0 Å². The van der Waals surface area contributed by atoms with E-state index in [4.69, 9.17) is 10.5 Å². The predicted molar refractivity (Wildman–Crippen MR) is 65.1 cm³/mol. The highest BCUT2D eigenvalue weighted by Gasteiger charge is 2.31. The third-order valence-electron chi connectivity index (χ3n) is 2.42. The van der Waals surface area contributed by atoms with Gasteiger partial charge in [0.05, 0.1) is 12.0 Å². The van der Waals surface area contributed by atoms with E-state index in [0.717, 1.165) is 18.5 Å². The fourth-order valence-corrected chi connectivity index (χ4v) is 1.69. The van der Waals surface area contributed by atoms with E-state index >= 15 is 0 Å². The smallest absolute Gasteiger partial charge is 0.309 e. The van der Waals surface area contributed by atoms with Crippen LogP contribution in [0.15, 0.2) is 12.3 Å². The minimum Gasteiger partial charge on any atom is -0.462 e. The summed E-state index contributed by atoms with van der Waals surface area (Å²) in [7, 11) is 0. The van der Waals surface area contributed by atoms with Crippen LogP contribution in [0.4, 0.5) is 0 Å². The molecule has 1 fully saturated rings. The van der Waals surface area contributed by atoms with Gasteiger partial charge < -0.3 is 15.9 Å². The molecule has 16 heavy (non-hydrogen) atoms. The molecule has 4 N–H and O–H groups in total. The molecule has 1 aliphatic rings. The van der Waals surface area contributed by atoms with E-state index in [1.54, 1.807) is 0 Å². The van der Waals surface area contributed by atoms with Crippen LogP contribution in [0, 0.1) is 5.92 Å². The summed E-state index contributed by atoms with van der Waals surface area (Å²) in [6.07, 6.45) is 2.23. The first-order valence-corrected chi connectivity index (χ1v) is 5.59. The number of thiocarbonyl (C=S) groups is 1. The summed E-state index contributed by atoms with van der Waals surface area (Å²) in [5.74, 6) is -0.124. The number of nitrogens with two attached hydrogens (primary N) is 1. The molecule has 0 bridgehead atoms. The molecule has 6 heteroatoms. The Bertz CT molecular complexity index is 306. The van der Waals surface area contributed by atoms with Gasteiger partial charge in [-0.25, -0.2) is 0 Å². The minimum absolute atomic E-state index is 0.0154. The normalized spacial score (nSPS) is 23.7. The van der Waals surface area contributed by atoms with Crippen molar-refractivity contribution >= 4 is 23.3 Å². The topological polar surface area (TPSA) is 76.4 Å². The number of rotatable bonds is 5. The molecule has 0 aliphatic carbocycles. The molecule has 1 saturated heterocycles. The molecule has 2 atom stereocenters. The molecule has 1 rings (SSSR count). The van der Waals surface area contributed by atoms with Crippen molar-refractivity contribution in [1.82, 2.24) is 10.9 Å². The molecule has 0 spiro atoms. The van der Waals surface area contributed by atoms with E-state index in [0.29, 0.717) is 6.42 Å². The molecular formula is C10H17N3O2S. The van der Waals surface area contributed by atoms with E-state index in [-0.39, 0.29) is 23.1 Å². The van der Waals surface area contributed by atoms with Crippen LogP contribution in [-0.2, 0) is 9.53 Å². The van der Waals surface area contributed by atoms with Crippen LogP contribution in [0.2, 0.25) is 0 Å². The average Bonchev–Trinajstić information content (AvgIpc) is 2.51. The predicted octanol–water partition coefficient (Wildman–Crippen LogP) is 0.570. The Morgan fingerprint density at radius 2 is 2.38 bits per heavy atom. The van der Waals surface area contributed by atoms with Crippen molar-refractivity contribution in [3.8, 4) is 0 Å². The largest absolute Gasteiger partial charge is 0.462 e. The summed E-state index contributed by atoms with van der Waals surface area (Å²) in [6.45, 7) is 5.69. The zero-order chi connectivity index (χ0) is 12.1. The third-order valence-corrected chi connectivity index (χ3v) is 2.53. The summed E-state index contributed by atoms with van der Waals surface area (Å²) >= 11 is 4.63. The highest BCUT2D eigenvalue weighted by Crippen LogP contribution is 2.25. The molecule has 5 nitrogen and oxygen atoms in total. The minimum atomic E-state index is -0.109. The average molecular weight is 243 g/mol. The Labute approximate surface area is 100 Å². The van der Waals surface area contributed by atoms with Crippen molar-refractivity contribution in [1.29, 1.82) is 0 Å². The van der Waals surface area contributed by atoms with Crippen molar-refractivity contribution < 1.29 is 9.53 Å². The molecule has 0 radical (unpaired) electrons. The zero-order valence-corrected chi connectivity index (χ0v) is 10.1. The Balaban J connectivity index is 2.21. The number of cyclic esters (lactones) is 1.